The predicted octanol–water partition coefficient (Wildman–Crippen LogP) is 4.33. The monoisotopic (exact) mass is 555 g/mol. The number of esters is 2. The molecule has 2 heterocycles. The van der Waals surface area contributed by atoms with Gasteiger partial charge < -0.3 is 24.1 Å². The number of unbranched alkanes of at least 4 members (excludes halogenated alkanes) is 1. The second kappa shape index (κ2) is 13.1. The first-order chi connectivity index (χ1) is 20.0. The van der Waals surface area contributed by atoms with Gasteiger partial charge in [-0.3, -0.25) is 9.59 Å². The summed E-state index contributed by atoms with van der Waals surface area (Å²) in [6.45, 7) is 2.61. The molecule has 1 amide bonds. The lowest BCUT2D eigenvalue weighted by atomic mass is 10.2. The first-order valence-electron chi connectivity index (χ1n) is 13.8. The van der Waals surface area contributed by atoms with Crippen LogP contribution in [-0.4, -0.2) is 46.7 Å². The number of amides is 1. The van der Waals surface area contributed by atoms with Crippen LogP contribution in [0.25, 0.3) is 10.9 Å². The summed E-state index contributed by atoms with van der Waals surface area (Å²) in [7, 11) is 0. The van der Waals surface area contributed by atoms with Crippen molar-refractivity contribution in [3.63, 3.8) is 0 Å². The van der Waals surface area contributed by atoms with Crippen LogP contribution < -0.4 is 10.1 Å². The number of carbonyl (C=O) groups is 3. The third-order valence-electron chi connectivity index (χ3n) is 6.88. The van der Waals surface area contributed by atoms with E-state index in [1.54, 1.807) is 6.20 Å². The molecule has 1 aliphatic carbocycles. The Hall–Kier alpha value is -4.66. The summed E-state index contributed by atoms with van der Waals surface area (Å²) in [6, 6.07) is 20.2. The second-order valence-electron chi connectivity index (χ2n) is 9.96. The van der Waals surface area contributed by atoms with Gasteiger partial charge >= 0.3 is 11.9 Å². The van der Waals surface area contributed by atoms with Crippen molar-refractivity contribution >= 4 is 28.7 Å². The van der Waals surface area contributed by atoms with Crippen molar-refractivity contribution in [2.75, 3.05) is 13.2 Å². The zero-order chi connectivity index (χ0) is 28.6. The van der Waals surface area contributed by atoms with Gasteiger partial charge in [0.1, 0.15) is 12.6 Å². The fraction of sp³-hybridized carbons (Fsp3) is 0.312. The van der Waals surface area contributed by atoms with Gasteiger partial charge in [-0.05, 0) is 29.2 Å². The predicted molar refractivity (Wildman–Crippen MR) is 152 cm³/mol. The van der Waals surface area contributed by atoms with Crippen molar-refractivity contribution < 1.29 is 28.6 Å². The first kappa shape index (κ1) is 27.9. The van der Waals surface area contributed by atoms with E-state index in [0.717, 1.165) is 41.4 Å². The molecule has 9 heteroatoms. The molecule has 0 saturated heterocycles. The van der Waals surface area contributed by atoms with Gasteiger partial charge in [0.05, 0.1) is 23.9 Å². The van der Waals surface area contributed by atoms with E-state index in [4.69, 9.17) is 14.2 Å². The van der Waals surface area contributed by atoms with Crippen LogP contribution in [0.2, 0.25) is 0 Å². The van der Waals surface area contributed by atoms with Crippen molar-refractivity contribution in [1.29, 1.82) is 0 Å². The minimum absolute atomic E-state index is 0.0677. The number of fused-ring (bicyclic) bond motifs is 3. The summed E-state index contributed by atoms with van der Waals surface area (Å²) < 4.78 is 18.7. The number of hydrogen-bond donors (Lipinski definition) is 1. The number of rotatable bonds is 14. The number of nitrogens with one attached hydrogen (secondary N) is 1. The normalized spacial score (nSPS) is 12.3. The van der Waals surface area contributed by atoms with Crippen molar-refractivity contribution in [3.8, 4) is 5.88 Å². The van der Waals surface area contributed by atoms with Crippen molar-refractivity contribution in [3.05, 3.63) is 95.3 Å². The van der Waals surface area contributed by atoms with Crippen LogP contribution in [0.3, 0.4) is 0 Å². The lowest BCUT2D eigenvalue weighted by Crippen LogP contribution is -2.45. The molecule has 0 fully saturated rings. The molecule has 0 bridgehead atoms. The molecule has 2 aromatic carbocycles. The second-order valence-corrected chi connectivity index (χ2v) is 9.96. The highest BCUT2D eigenvalue weighted by Crippen LogP contribution is 2.42. The fourth-order valence-electron chi connectivity index (χ4n) is 4.70. The molecule has 5 rings (SSSR count). The standard InChI is InChI=1S/C32H33N3O6/c1-2-3-16-39-32(38)25(18-29(37)40-20-23-12-8-5-9-13-23)34-28(36)21-41-31-30-24-17-27(24)35(26(30)14-15-33-31)19-22-10-6-4-7-11-22/h4-15,25H,2-3,16-21H2,1H3,(H,34,36). The van der Waals surface area contributed by atoms with E-state index < -0.39 is 23.9 Å². The molecule has 0 spiro atoms. The van der Waals surface area contributed by atoms with Crippen LogP contribution in [0.5, 0.6) is 5.88 Å². The summed E-state index contributed by atoms with van der Waals surface area (Å²) in [6.07, 6.45) is 3.68. The van der Waals surface area contributed by atoms with Crippen LogP contribution in [0.4, 0.5) is 0 Å². The zero-order valence-corrected chi connectivity index (χ0v) is 23.0. The average molecular weight is 556 g/mol. The molecule has 4 aromatic rings. The molecular weight excluding hydrogens is 522 g/mol. The van der Waals surface area contributed by atoms with Gasteiger partial charge in [-0.25, -0.2) is 9.78 Å². The smallest absolute Gasteiger partial charge is 0.329 e. The molecule has 41 heavy (non-hydrogen) atoms. The van der Waals surface area contributed by atoms with Crippen LogP contribution in [-0.2, 0) is 43.4 Å². The number of ether oxygens (including phenoxy) is 3. The summed E-state index contributed by atoms with van der Waals surface area (Å²) in [5.74, 6) is -1.52. The Morgan fingerprint density at radius 1 is 0.976 bits per heavy atom. The molecular formula is C32H33N3O6. The molecule has 212 valence electrons. The maximum Gasteiger partial charge on any atom is 0.329 e. The van der Waals surface area contributed by atoms with Gasteiger partial charge in [-0.15, -0.1) is 0 Å². The van der Waals surface area contributed by atoms with Gasteiger partial charge in [-0.2, -0.15) is 0 Å². The lowest BCUT2D eigenvalue weighted by molar-refractivity contribution is -0.154. The van der Waals surface area contributed by atoms with E-state index in [-0.39, 0.29) is 26.2 Å². The molecule has 0 radical (unpaired) electrons. The molecule has 1 N–H and O–H groups in total. The first-order valence-corrected chi connectivity index (χ1v) is 13.8. The Balaban J connectivity index is 1.22. The Morgan fingerprint density at radius 2 is 1.71 bits per heavy atom. The van der Waals surface area contributed by atoms with E-state index in [2.05, 4.69) is 27.0 Å². The molecule has 1 atom stereocenters. The highest BCUT2D eigenvalue weighted by atomic mass is 16.5. The van der Waals surface area contributed by atoms with Crippen molar-refractivity contribution in [2.24, 2.45) is 0 Å². The molecule has 0 saturated carbocycles. The Labute approximate surface area is 238 Å². The highest BCUT2D eigenvalue weighted by Gasteiger charge is 2.31. The zero-order valence-electron chi connectivity index (χ0n) is 23.0. The van der Waals surface area contributed by atoms with Gasteiger partial charge in [0.15, 0.2) is 6.61 Å². The third kappa shape index (κ3) is 7.11. The third-order valence-corrected chi connectivity index (χ3v) is 6.88. The van der Waals surface area contributed by atoms with Crippen LogP contribution in [0, 0.1) is 0 Å². The molecule has 1 unspecified atom stereocenters. The number of aromatic nitrogens is 2. The number of benzene rings is 2. The van der Waals surface area contributed by atoms with E-state index in [1.807, 2.05) is 61.5 Å². The van der Waals surface area contributed by atoms with Crippen molar-refractivity contribution in [1.82, 2.24) is 14.9 Å². The highest BCUT2D eigenvalue weighted by molar-refractivity contribution is 5.94. The molecule has 9 nitrogen and oxygen atoms in total. The molecule has 0 aliphatic heterocycles. The summed E-state index contributed by atoms with van der Waals surface area (Å²) in [5.41, 5.74) is 5.40. The SMILES string of the molecule is CCCCOC(=O)C(CC(=O)OCc1ccccc1)NC(=O)COc1nccc2c1c1c(n2Cc2ccccc2)C1. The minimum Gasteiger partial charge on any atom is -0.467 e. The molecule has 2 aromatic heterocycles. The number of hydrogen-bond acceptors (Lipinski definition) is 7. The van der Waals surface area contributed by atoms with Crippen LogP contribution in [0.15, 0.2) is 72.9 Å². The minimum atomic E-state index is -1.19. The number of carbonyl (C=O) groups excluding carboxylic acids is 3. The Bertz CT molecular complexity index is 1520. The van der Waals surface area contributed by atoms with E-state index in [0.29, 0.717) is 12.3 Å². The fourth-order valence-corrected chi connectivity index (χ4v) is 4.70. The van der Waals surface area contributed by atoms with E-state index in [9.17, 15) is 14.4 Å². The maximum absolute atomic E-state index is 12.9. The Morgan fingerprint density at radius 3 is 2.44 bits per heavy atom. The summed E-state index contributed by atoms with van der Waals surface area (Å²) in [4.78, 5) is 42.5. The average Bonchev–Trinajstić information content (AvgIpc) is 3.72. The summed E-state index contributed by atoms with van der Waals surface area (Å²) in [5, 5.41) is 3.48. The maximum atomic E-state index is 12.9. The van der Waals surface area contributed by atoms with Gasteiger partial charge in [0, 0.05) is 24.9 Å². The van der Waals surface area contributed by atoms with Crippen molar-refractivity contribution in [2.45, 2.75) is 51.8 Å². The van der Waals surface area contributed by atoms with Gasteiger partial charge in [-0.1, -0.05) is 74.0 Å². The van der Waals surface area contributed by atoms with Gasteiger partial charge in [0.25, 0.3) is 5.91 Å². The topological polar surface area (TPSA) is 109 Å². The van der Waals surface area contributed by atoms with Gasteiger partial charge in [0.2, 0.25) is 5.88 Å². The number of pyridine rings is 1. The lowest BCUT2D eigenvalue weighted by Gasteiger charge is -2.17. The quantitative estimate of drug-likeness (QED) is 0.161. The van der Waals surface area contributed by atoms with Crippen LogP contribution >= 0.6 is 0 Å². The Kier molecular flexibility index (Phi) is 8.93. The molecule has 1 aliphatic rings. The largest absolute Gasteiger partial charge is 0.467 e. The van der Waals surface area contributed by atoms with E-state index in [1.165, 1.54) is 11.3 Å². The summed E-state index contributed by atoms with van der Waals surface area (Å²) >= 11 is 0. The van der Waals surface area contributed by atoms with E-state index >= 15 is 0 Å². The van der Waals surface area contributed by atoms with Crippen LogP contribution in [0.1, 0.15) is 48.6 Å². The number of nitrogens with zero attached hydrogens (tertiary/aromatic N) is 2.